The van der Waals surface area contributed by atoms with E-state index in [9.17, 15) is 0 Å². The maximum Gasteiger partial charge on any atom is 0.191 e. The molecule has 2 N–H and O–H groups in total. The number of benzene rings is 1. The molecule has 0 bridgehead atoms. The molecule has 2 saturated heterocycles. The molecule has 2 heterocycles. The highest BCUT2D eigenvalue weighted by Gasteiger charge is 2.34. The first-order chi connectivity index (χ1) is 11.7. The van der Waals surface area contributed by atoms with Gasteiger partial charge in [0.25, 0.3) is 0 Å². The largest absolute Gasteiger partial charge is 0.381 e. The number of likely N-dealkylation sites (tertiary alicyclic amines) is 1. The second-order valence-corrected chi connectivity index (χ2v) is 7.42. The Kier molecular flexibility index (Phi) is 6.01. The van der Waals surface area contributed by atoms with E-state index >= 15 is 0 Å². The van der Waals surface area contributed by atoms with Crippen molar-refractivity contribution in [3.63, 3.8) is 0 Å². The van der Waals surface area contributed by atoms with Crippen molar-refractivity contribution in [3.8, 4) is 0 Å². The van der Waals surface area contributed by atoms with E-state index in [1.54, 1.807) is 0 Å². The molecule has 3 rings (SSSR count). The highest BCUT2D eigenvalue weighted by Crippen LogP contribution is 2.36. The van der Waals surface area contributed by atoms with E-state index in [1.165, 1.54) is 31.2 Å². The van der Waals surface area contributed by atoms with Crippen LogP contribution in [0.15, 0.2) is 29.3 Å². The Morgan fingerprint density at radius 2 is 1.88 bits per heavy atom. The van der Waals surface area contributed by atoms with Gasteiger partial charge in [0, 0.05) is 36.7 Å². The van der Waals surface area contributed by atoms with E-state index in [1.807, 2.05) is 12.1 Å². The van der Waals surface area contributed by atoms with Gasteiger partial charge in [0.2, 0.25) is 0 Å². The standard InChI is InChI=1S/C19H28ClN3O/c20-17-7-5-6-16(14-17)19(8-12-24-13-9-19)15-22-18(21)23-10-3-1-2-4-11-23/h5-7,14H,1-4,8-13,15H2,(H2,21,22). The summed E-state index contributed by atoms with van der Waals surface area (Å²) in [4.78, 5) is 7.06. The smallest absolute Gasteiger partial charge is 0.191 e. The summed E-state index contributed by atoms with van der Waals surface area (Å²) in [6.07, 6.45) is 6.95. The Morgan fingerprint density at radius 3 is 2.54 bits per heavy atom. The quantitative estimate of drug-likeness (QED) is 0.670. The average molecular weight is 350 g/mol. The van der Waals surface area contributed by atoms with E-state index in [-0.39, 0.29) is 5.41 Å². The van der Waals surface area contributed by atoms with Crippen molar-refractivity contribution in [3.05, 3.63) is 34.9 Å². The van der Waals surface area contributed by atoms with Crippen molar-refractivity contribution in [2.24, 2.45) is 10.7 Å². The third-order valence-corrected chi connectivity index (χ3v) is 5.60. The van der Waals surface area contributed by atoms with E-state index in [0.717, 1.165) is 44.2 Å². The van der Waals surface area contributed by atoms with E-state index in [0.29, 0.717) is 12.5 Å². The molecule has 5 heteroatoms. The van der Waals surface area contributed by atoms with Crippen LogP contribution in [0.2, 0.25) is 5.02 Å². The lowest BCUT2D eigenvalue weighted by atomic mass is 9.74. The molecule has 0 radical (unpaired) electrons. The van der Waals surface area contributed by atoms with Crippen LogP contribution in [-0.4, -0.2) is 43.7 Å². The van der Waals surface area contributed by atoms with Gasteiger partial charge in [-0.2, -0.15) is 0 Å². The summed E-state index contributed by atoms with van der Waals surface area (Å²) in [5.41, 5.74) is 7.56. The fourth-order valence-electron chi connectivity index (χ4n) is 3.75. The van der Waals surface area contributed by atoms with Crippen LogP contribution in [0.25, 0.3) is 0 Å². The van der Waals surface area contributed by atoms with Gasteiger partial charge in [0.05, 0.1) is 6.54 Å². The molecule has 1 aromatic rings. The molecule has 0 saturated carbocycles. The normalized spacial score (nSPS) is 22.2. The van der Waals surface area contributed by atoms with Crippen LogP contribution in [0.3, 0.4) is 0 Å². The SMILES string of the molecule is NC(=NCC1(c2cccc(Cl)c2)CCOCC1)N1CCCCCC1. The van der Waals surface area contributed by atoms with Crippen LogP contribution in [0.4, 0.5) is 0 Å². The van der Waals surface area contributed by atoms with Gasteiger partial charge in [-0.25, -0.2) is 0 Å². The fraction of sp³-hybridized carbons (Fsp3) is 0.632. The minimum atomic E-state index is -0.0143. The first-order valence-corrected chi connectivity index (χ1v) is 9.46. The Hall–Kier alpha value is -1.26. The minimum Gasteiger partial charge on any atom is -0.381 e. The van der Waals surface area contributed by atoms with E-state index in [2.05, 4.69) is 17.0 Å². The van der Waals surface area contributed by atoms with Crippen molar-refractivity contribution < 1.29 is 4.74 Å². The van der Waals surface area contributed by atoms with Crippen LogP contribution in [-0.2, 0) is 10.2 Å². The molecule has 0 aromatic heterocycles. The molecule has 1 aromatic carbocycles. The maximum atomic E-state index is 6.32. The summed E-state index contributed by atoms with van der Waals surface area (Å²) in [5.74, 6) is 0.699. The summed E-state index contributed by atoms with van der Waals surface area (Å²) in [5, 5.41) is 0.780. The van der Waals surface area contributed by atoms with Crippen molar-refractivity contribution in [1.82, 2.24) is 4.90 Å². The highest BCUT2D eigenvalue weighted by molar-refractivity contribution is 6.30. The lowest BCUT2D eigenvalue weighted by Crippen LogP contribution is -2.41. The molecule has 0 atom stereocenters. The van der Waals surface area contributed by atoms with Crippen molar-refractivity contribution >= 4 is 17.6 Å². The molecule has 0 unspecified atom stereocenters. The average Bonchev–Trinajstić information content (AvgIpc) is 2.90. The summed E-state index contributed by atoms with van der Waals surface area (Å²) in [6.45, 7) is 4.31. The number of rotatable bonds is 3. The molecule has 132 valence electrons. The third-order valence-electron chi connectivity index (χ3n) is 5.36. The van der Waals surface area contributed by atoms with Crippen LogP contribution >= 0.6 is 11.6 Å². The predicted molar refractivity (Wildman–Crippen MR) is 99.7 cm³/mol. The van der Waals surface area contributed by atoms with Crippen molar-refractivity contribution in [1.29, 1.82) is 0 Å². The number of ether oxygens (including phenoxy) is 1. The van der Waals surface area contributed by atoms with Crippen LogP contribution < -0.4 is 5.73 Å². The zero-order valence-corrected chi connectivity index (χ0v) is 15.1. The molecular formula is C19H28ClN3O. The Morgan fingerprint density at radius 1 is 1.17 bits per heavy atom. The monoisotopic (exact) mass is 349 g/mol. The van der Waals surface area contributed by atoms with Crippen molar-refractivity contribution in [2.45, 2.75) is 43.9 Å². The summed E-state index contributed by atoms with van der Waals surface area (Å²) in [7, 11) is 0. The van der Waals surface area contributed by atoms with Gasteiger partial charge in [-0.15, -0.1) is 0 Å². The number of halogens is 1. The number of nitrogens with two attached hydrogens (primary N) is 1. The number of hydrogen-bond donors (Lipinski definition) is 1. The van der Waals surface area contributed by atoms with Gasteiger partial charge >= 0.3 is 0 Å². The van der Waals surface area contributed by atoms with Gasteiger partial charge in [-0.1, -0.05) is 36.6 Å². The lowest BCUT2D eigenvalue weighted by Gasteiger charge is -2.37. The van der Waals surface area contributed by atoms with Crippen LogP contribution in [0.5, 0.6) is 0 Å². The van der Waals surface area contributed by atoms with E-state index in [4.69, 9.17) is 27.1 Å². The molecule has 0 spiro atoms. The molecule has 24 heavy (non-hydrogen) atoms. The Labute approximate surface area is 150 Å². The highest BCUT2D eigenvalue weighted by atomic mass is 35.5. The summed E-state index contributed by atoms with van der Waals surface area (Å²) >= 11 is 6.23. The van der Waals surface area contributed by atoms with Crippen molar-refractivity contribution in [2.75, 3.05) is 32.8 Å². The molecule has 2 aliphatic heterocycles. The second-order valence-electron chi connectivity index (χ2n) is 6.98. The number of guanidine groups is 1. The Bertz CT molecular complexity index is 561. The Balaban J connectivity index is 1.78. The van der Waals surface area contributed by atoms with Crippen LogP contribution in [0.1, 0.15) is 44.1 Å². The van der Waals surface area contributed by atoms with Gasteiger partial charge in [0.15, 0.2) is 5.96 Å². The summed E-state index contributed by atoms with van der Waals surface area (Å²) in [6, 6.07) is 8.18. The lowest BCUT2D eigenvalue weighted by molar-refractivity contribution is 0.0530. The predicted octanol–water partition coefficient (Wildman–Crippen LogP) is 3.58. The van der Waals surface area contributed by atoms with Crippen LogP contribution in [0, 0.1) is 0 Å². The second kappa shape index (κ2) is 8.21. The summed E-state index contributed by atoms with van der Waals surface area (Å²) < 4.78 is 5.59. The molecule has 0 aliphatic carbocycles. The zero-order valence-electron chi connectivity index (χ0n) is 14.3. The molecule has 2 fully saturated rings. The number of hydrogen-bond acceptors (Lipinski definition) is 2. The molecular weight excluding hydrogens is 322 g/mol. The molecule has 0 amide bonds. The topological polar surface area (TPSA) is 50.9 Å². The zero-order chi connectivity index (χ0) is 16.8. The van der Waals surface area contributed by atoms with Gasteiger partial charge < -0.3 is 15.4 Å². The number of nitrogens with zero attached hydrogens (tertiary/aromatic N) is 2. The maximum absolute atomic E-state index is 6.32. The minimum absolute atomic E-state index is 0.0143. The van der Waals surface area contributed by atoms with E-state index < -0.39 is 0 Å². The number of aliphatic imine (C=N–C) groups is 1. The van der Waals surface area contributed by atoms with Gasteiger partial charge in [-0.3, -0.25) is 4.99 Å². The van der Waals surface area contributed by atoms with Gasteiger partial charge in [-0.05, 0) is 43.4 Å². The fourth-order valence-corrected chi connectivity index (χ4v) is 3.94. The van der Waals surface area contributed by atoms with Gasteiger partial charge in [0.1, 0.15) is 0 Å². The molecule has 2 aliphatic rings. The first-order valence-electron chi connectivity index (χ1n) is 9.08. The molecule has 4 nitrogen and oxygen atoms in total. The first kappa shape index (κ1) is 17.6. The third kappa shape index (κ3) is 4.22.